The lowest BCUT2D eigenvalue weighted by Crippen LogP contribution is -2.54. The first-order valence-electron chi connectivity index (χ1n) is 10.1. The van der Waals surface area contributed by atoms with Crippen molar-refractivity contribution in [3.63, 3.8) is 0 Å². The Bertz CT molecular complexity index is 1020. The second kappa shape index (κ2) is 8.83. The Morgan fingerprint density at radius 3 is 2.73 bits per heavy atom. The average Bonchev–Trinajstić information content (AvgIpc) is 3.22. The summed E-state index contributed by atoms with van der Waals surface area (Å²) in [6, 6.07) is 15.9. The Kier molecular flexibility index (Phi) is 5.99. The molecule has 4 rings (SSSR count). The minimum absolute atomic E-state index is 0.0955. The molecule has 7 heteroatoms. The van der Waals surface area contributed by atoms with E-state index in [-0.39, 0.29) is 11.9 Å². The van der Waals surface area contributed by atoms with Gasteiger partial charge < -0.3 is 14.5 Å². The number of nitrogens with zero attached hydrogens (tertiary/aromatic N) is 4. The van der Waals surface area contributed by atoms with Crippen molar-refractivity contribution in [3.05, 3.63) is 71.0 Å². The number of methoxy groups -OCH3 is 1. The fourth-order valence-corrected chi connectivity index (χ4v) is 4.42. The molecule has 1 aromatic heterocycles. The van der Waals surface area contributed by atoms with Crippen LogP contribution >= 0.6 is 11.5 Å². The van der Waals surface area contributed by atoms with Gasteiger partial charge in [0.2, 0.25) is 5.13 Å². The molecule has 0 N–H and O–H groups in total. The van der Waals surface area contributed by atoms with Crippen LogP contribution in [0.5, 0.6) is 5.75 Å². The molecule has 0 radical (unpaired) electrons. The lowest BCUT2D eigenvalue weighted by Gasteiger charge is -2.39. The van der Waals surface area contributed by atoms with Crippen LogP contribution < -0.4 is 9.64 Å². The van der Waals surface area contributed by atoms with Gasteiger partial charge in [-0.2, -0.15) is 4.37 Å². The summed E-state index contributed by atoms with van der Waals surface area (Å²) in [6.07, 6.45) is 0.676. The SMILES string of the molecule is COc1cccc(Cc2nsc(N3CCN(C(=O)c4ccc(C)cc4)[C@H](C)C3)n2)c1. The molecule has 1 saturated heterocycles. The summed E-state index contributed by atoms with van der Waals surface area (Å²) in [6.45, 7) is 6.32. The molecule has 2 aromatic carbocycles. The highest BCUT2D eigenvalue weighted by Crippen LogP contribution is 2.24. The van der Waals surface area contributed by atoms with Gasteiger partial charge in [0.25, 0.3) is 5.91 Å². The summed E-state index contributed by atoms with van der Waals surface area (Å²) in [5.74, 6) is 1.75. The van der Waals surface area contributed by atoms with Crippen molar-refractivity contribution < 1.29 is 9.53 Å². The maximum atomic E-state index is 12.9. The Hall–Kier alpha value is -2.93. The van der Waals surface area contributed by atoms with Gasteiger partial charge in [-0.15, -0.1) is 0 Å². The van der Waals surface area contributed by atoms with Crippen LogP contribution in [0.15, 0.2) is 48.5 Å². The van der Waals surface area contributed by atoms with E-state index in [1.165, 1.54) is 11.5 Å². The van der Waals surface area contributed by atoms with Gasteiger partial charge in [-0.05, 0) is 43.7 Å². The second-order valence-electron chi connectivity index (χ2n) is 7.68. The number of amides is 1. The standard InChI is InChI=1S/C23H26N4O2S/c1-16-7-9-19(10-8-16)22(28)27-12-11-26(15-17(27)2)23-24-21(25-30-23)14-18-5-4-6-20(13-18)29-3/h4-10,13,17H,11-12,14-15H2,1-3H3/t17-/m1/s1. The summed E-state index contributed by atoms with van der Waals surface area (Å²) in [7, 11) is 1.67. The predicted octanol–water partition coefficient (Wildman–Crippen LogP) is 3.80. The third-order valence-corrected chi connectivity index (χ3v) is 6.23. The molecule has 0 unspecified atom stereocenters. The van der Waals surface area contributed by atoms with Crippen molar-refractivity contribution in [1.82, 2.24) is 14.3 Å². The van der Waals surface area contributed by atoms with Gasteiger partial charge in [0.1, 0.15) is 11.6 Å². The third-order valence-electron chi connectivity index (χ3n) is 5.41. The molecular weight excluding hydrogens is 396 g/mol. The van der Waals surface area contributed by atoms with Gasteiger partial charge in [0.05, 0.1) is 7.11 Å². The van der Waals surface area contributed by atoms with E-state index in [1.54, 1.807) is 7.11 Å². The molecule has 2 heterocycles. The van der Waals surface area contributed by atoms with Crippen LogP contribution in [-0.2, 0) is 6.42 Å². The molecule has 0 spiro atoms. The first kappa shape index (κ1) is 20.3. The van der Waals surface area contributed by atoms with E-state index in [2.05, 4.69) is 22.3 Å². The Morgan fingerprint density at radius 2 is 2.00 bits per heavy atom. The number of aryl methyl sites for hydroxylation is 1. The number of ether oxygens (including phenoxy) is 1. The molecule has 1 aliphatic heterocycles. The summed E-state index contributed by atoms with van der Waals surface area (Å²) < 4.78 is 9.84. The second-order valence-corrected chi connectivity index (χ2v) is 8.41. The van der Waals surface area contributed by atoms with Crippen molar-refractivity contribution in [2.75, 3.05) is 31.6 Å². The zero-order valence-electron chi connectivity index (χ0n) is 17.5. The molecule has 1 aliphatic rings. The normalized spacial score (nSPS) is 16.6. The summed E-state index contributed by atoms with van der Waals surface area (Å²) in [5.41, 5.74) is 3.03. The number of carbonyl (C=O) groups excluding carboxylic acids is 1. The van der Waals surface area contributed by atoms with E-state index < -0.39 is 0 Å². The lowest BCUT2D eigenvalue weighted by atomic mass is 10.1. The van der Waals surface area contributed by atoms with Gasteiger partial charge in [-0.3, -0.25) is 4.79 Å². The molecule has 0 bridgehead atoms. The molecule has 1 atom stereocenters. The molecule has 0 aliphatic carbocycles. The largest absolute Gasteiger partial charge is 0.497 e. The summed E-state index contributed by atoms with van der Waals surface area (Å²) >= 11 is 1.43. The monoisotopic (exact) mass is 422 g/mol. The maximum Gasteiger partial charge on any atom is 0.254 e. The Labute approximate surface area is 181 Å². The number of benzene rings is 2. The van der Waals surface area contributed by atoms with E-state index in [4.69, 9.17) is 9.72 Å². The zero-order valence-corrected chi connectivity index (χ0v) is 18.4. The van der Waals surface area contributed by atoms with Crippen LogP contribution in [0.2, 0.25) is 0 Å². The lowest BCUT2D eigenvalue weighted by molar-refractivity contribution is 0.0674. The van der Waals surface area contributed by atoms with Crippen LogP contribution in [0, 0.1) is 6.92 Å². The third kappa shape index (κ3) is 4.46. The topological polar surface area (TPSA) is 58.6 Å². The minimum Gasteiger partial charge on any atom is -0.497 e. The first-order chi connectivity index (χ1) is 14.5. The maximum absolute atomic E-state index is 12.9. The average molecular weight is 423 g/mol. The molecule has 1 fully saturated rings. The molecule has 30 heavy (non-hydrogen) atoms. The van der Waals surface area contributed by atoms with Crippen molar-refractivity contribution in [2.24, 2.45) is 0 Å². The molecule has 6 nitrogen and oxygen atoms in total. The van der Waals surface area contributed by atoms with Crippen molar-refractivity contribution in [2.45, 2.75) is 26.3 Å². The van der Waals surface area contributed by atoms with Crippen molar-refractivity contribution in [1.29, 1.82) is 0 Å². The van der Waals surface area contributed by atoms with Crippen molar-refractivity contribution >= 4 is 22.6 Å². The summed E-state index contributed by atoms with van der Waals surface area (Å²) in [4.78, 5) is 21.8. The molecule has 156 valence electrons. The van der Waals surface area contributed by atoms with Gasteiger partial charge in [0, 0.05) is 49.2 Å². The fourth-order valence-electron chi connectivity index (χ4n) is 3.71. The van der Waals surface area contributed by atoms with Gasteiger partial charge in [-0.25, -0.2) is 4.98 Å². The first-order valence-corrected chi connectivity index (χ1v) is 10.9. The summed E-state index contributed by atoms with van der Waals surface area (Å²) in [5, 5.41) is 0.919. The molecule has 3 aromatic rings. The number of hydrogen-bond donors (Lipinski definition) is 0. The quantitative estimate of drug-likeness (QED) is 0.626. The van der Waals surface area contributed by atoms with E-state index in [1.807, 2.05) is 54.3 Å². The number of piperazine rings is 1. The van der Waals surface area contributed by atoms with Gasteiger partial charge in [-0.1, -0.05) is 29.8 Å². The van der Waals surface area contributed by atoms with Crippen LogP contribution in [-0.4, -0.2) is 53.0 Å². The van der Waals surface area contributed by atoms with Crippen LogP contribution in [0.1, 0.15) is 34.2 Å². The number of rotatable bonds is 5. The predicted molar refractivity (Wildman–Crippen MR) is 120 cm³/mol. The fraction of sp³-hybridized carbons (Fsp3) is 0.348. The number of hydrogen-bond acceptors (Lipinski definition) is 6. The van der Waals surface area contributed by atoms with E-state index >= 15 is 0 Å². The number of anilines is 1. The van der Waals surface area contributed by atoms with E-state index in [9.17, 15) is 4.79 Å². The molecular formula is C23H26N4O2S. The highest BCUT2D eigenvalue weighted by molar-refractivity contribution is 7.09. The van der Waals surface area contributed by atoms with Crippen molar-refractivity contribution in [3.8, 4) is 5.75 Å². The van der Waals surface area contributed by atoms with E-state index in [0.29, 0.717) is 13.0 Å². The van der Waals surface area contributed by atoms with Crippen LogP contribution in [0.25, 0.3) is 0 Å². The number of carbonyl (C=O) groups is 1. The molecule has 0 saturated carbocycles. The van der Waals surface area contributed by atoms with Crippen LogP contribution in [0.4, 0.5) is 5.13 Å². The number of aromatic nitrogens is 2. The highest BCUT2D eigenvalue weighted by atomic mass is 32.1. The highest BCUT2D eigenvalue weighted by Gasteiger charge is 2.29. The Morgan fingerprint density at radius 1 is 1.20 bits per heavy atom. The Balaban J connectivity index is 1.40. The van der Waals surface area contributed by atoms with Crippen LogP contribution in [0.3, 0.4) is 0 Å². The zero-order chi connectivity index (χ0) is 21.1. The smallest absolute Gasteiger partial charge is 0.254 e. The molecule has 1 amide bonds. The minimum atomic E-state index is 0.0955. The van der Waals surface area contributed by atoms with E-state index in [0.717, 1.165) is 46.5 Å². The van der Waals surface area contributed by atoms with Gasteiger partial charge >= 0.3 is 0 Å². The van der Waals surface area contributed by atoms with Gasteiger partial charge in [0.15, 0.2) is 0 Å².